The van der Waals surface area contributed by atoms with Gasteiger partial charge in [-0.2, -0.15) is 5.10 Å². The Bertz CT molecular complexity index is 620. The maximum Gasteiger partial charge on any atom is 0.245 e. The number of carbonyl (C=O) groups excluding carboxylic acids is 1. The molecule has 1 fully saturated rings. The standard InChI is InChI=1S/C15H16BrN3O/c1-11(19-9-3-8-17-19)14(20)18-15(6-7-15)12-4-2-5-13(16)10-12/h2-5,8-11H,6-7H2,1H3,(H,18,20)/t11-/m0/s1. The van der Waals surface area contributed by atoms with Crippen molar-refractivity contribution in [1.82, 2.24) is 15.1 Å². The SMILES string of the molecule is C[C@@H](C(=O)NC1(c2cccc(Br)c2)CC1)n1cccn1. The van der Waals surface area contributed by atoms with Crippen molar-refractivity contribution in [1.29, 1.82) is 0 Å². The minimum absolute atomic E-state index is 0.00572. The number of hydrogen-bond acceptors (Lipinski definition) is 2. The molecule has 1 amide bonds. The molecule has 1 aliphatic rings. The molecule has 1 atom stereocenters. The van der Waals surface area contributed by atoms with Gasteiger partial charge in [-0.05, 0) is 43.5 Å². The first-order valence-corrected chi connectivity index (χ1v) is 7.47. The Kier molecular flexibility index (Phi) is 3.38. The second-order valence-electron chi connectivity index (χ2n) is 5.24. The van der Waals surface area contributed by atoms with Gasteiger partial charge in [-0.15, -0.1) is 0 Å². The van der Waals surface area contributed by atoms with Gasteiger partial charge in [0.15, 0.2) is 0 Å². The van der Waals surface area contributed by atoms with Crippen LogP contribution in [0.5, 0.6) is 0 Å². The maximum atomic E-state index is 12.4. The lowest BCUT2D eigenvalue weighted by molar-refractivity contribution is -0.125. The molecule has 1 N–H and O–H groups in total. The topological polar surface area (TPSA) is 46.9 Å². The van der Waals surface area contributed by atoms with Crippen LogP contribution in [-0.4, -0.2) is 15.7 Å². The highest BCUT2D eigenvalue weighted by Crippen LogP contribution is 2.46. The third kappa shape index (κ3) is 2.50. The number of carbonyl (C=O) groups is 1. The minimum Gasteiger partial charge on any atom is -0.345 e. The van der Waals surface area contributed by atoms with E-state index in [-0.39, 0.29) is 17.5 Å². The first-order chi connectivity index (χ1) is 9.61. The van der Waals surface area contributed by atoms with Crippen LogP contribution in [0, 0.1) is 0 Å². The molecule has 3 rings (SSSR count). The van der Waals surface area contributed by atoms with Crippen molar-refractivity contribution in [2.75, 3.05) is 0 Å². The van der Waals surface area contributed by atoms with E-state index in [4.69, 9.17) is 0 Å². The summed E-state index contributed by atoms with van der Waals surface area (Å²) in [7, 11) is 0. The van der Waals surface area contributed by atoms with Gasteiger partial charge in [0, 0.05) is 16.9 Å². The molecule has 0 unspecified atom stereocenters. The van der Waals surface area contributed by atoms with Crippen LogP contribution in [0.25, 0.3) is 0 Å². The van der Waals surface area contributed by atoms with Gasteiger partial charge >= 0.3 is 0 Å². The van der Waals surface area contributed by atoms with Gasteiger partial charge in [-0.1, -0.05) is 28.1 Å². The number of aromatic nitrogens is 2. The Morgan fingerprint density at radius 3 is 2.85 bits per heavy atom. The largest absolute Gasteiger partial charge is 0.345 e. The Balaban J connectivity index is 1.76. The normalized spacial score (nSPS) is 17.5. The fourth-order valence-electron chi connectivity index (χ4n) is 2.37. The lowest BCUT2D eigenvalue weighted by Gasteiger charge is -2.21. The van der Waals surface area contributed by atoms with Gasteiger partial charge in [0.25, 0.3) is 0 Å². The van der Waals surface area contributed by atoms with E-state index in [1.165, 1.54) is 0 Å². The molecule has 104 valence electrons. The molecule has 0 saturated heterocycles. The lowest BCUT2D eigenvalue weighted by Crippen LogP contribution is -2.39. The van der Waals surface area contributed by atoms with E-state index in [1.807, 2.05) is 31.3 Å². The van der Waals surface area contributed by atoms with E-state index in [9.17, 15) is 4.79 Å². The van der Waals surface area contributed by atoms with Crippen molar-refractivity contribution in [3.63, 3.8) is 0 Å². The lowest BCUT2D eigenvalue weighted by atomic mass is 10.0. The third-order valence-electron chi connectivity index (χ3n) is 3.79. The van der Waals surface area contributed by atoms with Crippen molar-refractivity contribution in [2.24, 2.45) is 0 Å². The molecule has 2 aromatic rings. The van der Waals surface area contributed by atoms with Crippen LogP contribution in [0.2, 0.25) is 0 Å². The van der Waals surface area contributed by atoms with E-state index in [1.54, 1.807) is 10.9 Å². The van der Waals surface area contributed by atoms with Crippen molar-refractivity contribution in [3.8, 4) is 0 Å². The molecule has 20 heavy (non-hydrogen) atoms. The summed E-state index contributed by atoms with van der Waals surface area (Å²) in [6.45, 7) is 1.86. The number of nitrogens with zero attached hydrogens (tertiary/aromatic N) is 2. The second-order valence-corrected chi connectivity index (χ2v) is 6.16. The minimum atomic E-state index is -0.297. The van der Waals surface area contributed by atoms with E-state index in [0.717, 1.165) is 22.9 Å². The van der Waals surface area contributed by atoms with Crippen molar-refractivity contribution in [3.05, 3.63) is 52.8 Å². The van der Waals surface area contributed by atoms with Crippen molar-refractivity contribution < 1.29 is 4.79 Å². The molecule has 1 aliphatic carbocycles. The molecular formula is C15H16BrN3O. The van der Waals surface area contributed by atoms with E-state index >= 15 is 0 Å². The predicted molar refractivity (Wildman–Crippen MR) is 80.1 cm³/mol. The number of nitrogens with one attached hydrogen (secondary N) is 1. The molecular weight excluding hydrogens is 318 g/mol. The van der Waals surface area contributed by atoms with Crippen LogP contribution in [0.3, 0.4) is 0 Å². The van der Waals surface area contributed by atoms with Crippen molar-refractivity contribution in [2.45, 2.75) is 31.3 Å². The molecule has 1 heterocycles. The highest BCUT2D eigenvalue weighted by Gasteiger charge is 2.46. The van der Waals surface area contributed by atoms with Gasteiger partial charge in [0.2, 0.25) is 5.91 Å². The van der Waals surface area contributed by atoms with Gasteiger partial charge in [0.05, 0.1) is 5.54 Å². The first-order valence-electron chi connectivity index (χ1n) is 6.68. The van der Waals surface area contributed by atoms with Gasteiger partial charge in [-0.3, -0.25) is 9.48 Å². The van der Waals surface area contributed by atoms with E-state index in [2.05, 4.69) is 38.5 Å². The maximum absolute atomic E-state index is 12.4. The number of benzene rings is 1. The third-order valence-corrected chi connectivity index (χ3v) is 4.28. The van der Waals surface area contributed by atoms with Gasteiger partial charge < -0.3 is 5.32 Å². The van der Waals surface area contributed by atoms with Crippen LogP contribution in [0.15, 0.2) is 47.2 Å². The Hall–Kier alpha value is -1.62. The molecule has 0 bridgehead atoms. The number of halogens is 1. The monoisotopic (exact) mass is 333 g/mol. The summed E-state index contributed by atoms with van der Waals surface area (Å²) >= 11 is 3.48. The molecule has 1 aromatic heterocycles. The molecule has 4 nitrogen and oxygen atoms in total. The fourth-order valence-corrected chi connectivity index (χ4v) is 2.77. The van der Waals surface area contributed by atoms with Crippen LogP contribution in [0.4, 0.5) is 0 Å². The number of hydrogen-bond donors (Lipinski definition) is 1. The zero-order valence-electron chi connectivity index (χ0n) is 11.2. The second kappa shape index (κ2) is 5.05. The first kappa shape index (κ1) is 13.4. The van der Waals surface area contributed by atoms with Gasteiger partial charge in [0.1, 0.15) is 6.04 Å². The smallest absolute Gasteiger partial charge is 0.245 e. The summed E-state index contributed by atoms with van der Waals surface area (Å²) < 4.78 is 2.71. The summed E-state index contributed by atoms with van der Waals surface area (Å²) in [5, 5.41) is 7.30. The van der Waals surface area contributed by atoms with E-state index < -0.39 is 0 Å². The van der Waals surface area contributed by atoms with Crippen LogP contribution in [-0.2, 0) is 10.3 Å². The zero-order chi connectivity index (χ0) is 14.2. The summed E-state index contributed by atoms with van der Waals surface area (Å²) in [5.41, 5.74) is 0.968. The summed E-state index contributed by atoms with van der Waals surface area (Å²) in [6.07, 6.45) is 5.47. The quantitative estimate of drug-likeness (QED) is 0.934. The van der Waals surface area contributed by atoms with Gasteiger partial charge in [-0.25, -0.2) is 0 Å². The Morgan fingerprint density at radius 2 is 2.25 bits per heavy atom. The van der Waals surface area contributed by atoms with Crippen LogP contribution < -0.4 is 5.32 Å². The molecule has 1 aromatic carbocycles. The predicted octanol–water partition coefficient (Wildman–Crippen LogP) is 3.01. The Labute approximate surface area is 126 Å². The van der Waals surface area contributed by atoms with Crippen molar-refractivity contribution >= 4 is 21.8 Å². The molecule has 0 aliphatic heterocycles. The van der Waals surface area contributed by atoms with Crippen LogP contribution >= 0.6 is 15.9 Å². The molecule has 0 radical (unpaired) electrons. The summed E-state index contributed by atoms with van der Waals surface area (Å²) in [5.74, 6) is 0.00572. The summed E-state index contributed by atoms with van der Waals surface area (Å²) in [4.78, 5) is 12.4. The molecule has 5 heteroatoms. The Morgan fingerprint density at radius 1 is 1.45 bits per heavy atom. The number of amides is 1. The highest BCUT2D eigenvalue weighted by atomic mass is 79.9. The molecule has 1 saturated carbocycles. The fraction of sp³-hybridized carbons (Fsp3) is 0.333. The summed E-state index contributed by atoms with van der Waals surface area (Å²) in [6, 6.07) is 9.67. The molecule has 0 spiro atoms. The van der Waals surface area contributed by atoms with E-state index in [0.29, 0.717) is 0 Å². The van der Waals surface area contributed by atoms with Crippen LogP contribution in [0.1, 0.15) is 31.4 Å². The average molecular weight is 334 g/mol. The number of rotatable bonds is 4. The average Bonchev–Trinajstić information content (AvgIpc) is 3.02. The zero-order valence-corrected chi connectivity index (χ0v) is 12.8. The highest BCUT2D eigenvalue weighted by molar-refractivity contribution is 9.10.